The Kier molecular flexibility index (Phi) is 2.26. The summed E-state index contributed by atoms with van der Waals surface area (Å²) in [6, 6.07) is 0. The minimum atomic E-state index is -0.446. The van der Waals surface area contributed by atoms with Gasteiger partial charge >= 0.3 is 0 Å². The maximum Gasteiger partial charge on any atom is 0.0665 e. The predicted octanol–water partition coefficient (Wildman–Crippen LogP) is 1.28. The molecule has 0 saturated heterocycles. The standard InChI is InChI=1S/C9H19NO/c1-8(2)3-4-9(11,7-8)5-6-10/h11H,3-7,10H2,1-2H3. The Morgan fingerprint density at radius 3 is 2.36 bits per heavy atom. The summed E-state index contributed by atoms with van der Waals surface area (Å²) in [5.41, 5.74) is 5.30. The SMILES string of the molecule is CC1(C)CCC(O)(CCN)C1. The summed E-state index contributed by atoms with van der Waals surface area (Å²) in [7, 11) is 0. The van der Waals surface area contributed by atoms with Gasteiger partial charge in [-0.1, -0.05) is 13.8 Å². The lowest BCUT2D eigenvalue weighted by Gasteiger charge is -2.24. The van der Waals surface area contributed by atoms with Crippen LogP contribution in [0.2, 0.25) is 0 Å². The van der Waals surface area contributed by atoms with Gasteiger partial charge in [-0.05, 0) is 37.6 Å². The fraction of sp³-hybridized carbons (Fsp3) is 1.00. The molecule has 0 aliphatic heterocycles. The van der Waals surface area contributed by atoms with Crippen molar-refractivity contribution >= 4 is 0 Å². The zero-order valence-corrected chi connectivity index (χ0v) is 7.56. The van der Waals surface area contributed by atoms with E-state index in [1.165, 1.54) is 0 Å². The third kappa shape index (κ3) is 2.17. The van der Waals surface area contributed by atoms with E-state index in [9.17, 15) is 5.11 Å². The van der Waals surface area contributed by atoms with Crippen LogP contribution in [0.1, 0.15) is 39.5 Å². The van der Waals surface area contributed by atoms with Gasteiger partial charge < -0.3 is 10.8 Å². The molecule has 0 aromatic carbocycles. The lowest BCUT2D eigenvalue weighted by atomic mass is 9.88. The molecule has 3 N–H and O–H groups in total. The third-order valence-corrected chi connectivity index (χ3v) is 2.68. The second kappa shape index (κ2) is 2.76. The molecule has 1 atom stereocenters. The molecule has 0 spiro atoms. The van der Waals surface area contributed by atoms with E-state index in [4.69, 9.17) is 5.73 Å². The van der Waals surface area contributed by atoms with Gasteiger partial charge in [0, 0.05) is 0 Å². The normalized spacial score (nSPS) is 36.0. The Labute approximate surface area is 68.8 Å². The second-order valence-corrected chi connectivity index (χ2v) is 4.60. The molecule has 1 aliphatic carbocycles. The van der Waals surface area contributed by atoms with Crippen LogP contribution in [-0.2, 0) is 0 Å². The van der Waals surface area contributed by atoms with Crippen LogP contribution in [0.5, 0.6) is 0 Å². The van der Waals surface area contributed by atoms with Crippen LogP contribution in [0, 0.1) is 5.41 Å². The number of rotatable bonds is 2. The predicted molar refractivity (Wildman–Crippen MR) is 46.3 cm³/mol. The van der Waals surface area contributed by atoms with Crippen LogP contribution in [-0.4, -0.2) is 17.3 Å². The lowest BCUT2D eigenvalue weighted by Crippen LogP contribution is -2.29. The molecular weight excluding hydrogens is 138 g/mol. The summed E-state index contributed by atoms with van der Waals surface area (Å²) in [5, 5.41) is 9.95. The average molecular weight is 157 g/mol. The first-order chi connectivity index (χ1) is 4.97. The first-order valence-corrected chi connectivity index (χ1v) is 4.40. The van der Waals surface area contributed by atoms with Crippen LogP contribution in [0.25, 0.3) is 0 Å². The molecule has 66 valence electrons. The van der Waals surface area contributed by atoms with E-state index in [0.29, 0.717) is 12.0 Å². The zero-order valence-electron chi connectivity index (χ0n) is 7.56. The van der Waals surface area contributed by atoms with Crippen molar-refractivity contribution in [2.24, 2.45) is 11.1 Å². The number of nitrogens with two attached hydrogens (primary N) is 1. The Bertz CT molecular complexity index is 144. The van der Waals surface area contributed by atoms with Crippen molar-refractivity contribution in [3.63, 3.8) is 0 Å². The van der Waals surface area contributed by atoms with E-state index in [2.05, 4.69) is 13.8 Å². The summed E-state index contributed by atoms with van der Waals surface area (Å²) in [6.45, 7) is 5.02. The molecule has 0 bridgehead atoms. The van der Waals surface area contributed by atoms with Gasteiger partial charge in [0.1, 0.15) is 0 Å². The Hall–Kier alpha value is -0.0800. The summed E-state index contributed by atoms with van der Waals surface area (Å²) in [6.07, 6.45) is 3.73. The Balaban J connectivity index is 2.51. The molecule has 11 heavy (non-hydrogen) atoms. The highest BCUT2D eigenvalue weighted by atomic mass is 16.3. The van der Waals surface area contributed by atoms with Gasteiger partial charge in [0.2, 0.25) is 0 Å². The lowest BCUT2D eigenvalue weighted by molar-refractivity contribution is 0.0314. The molecular formula is C9H19NO. The Morgan fingerprint density at radius 2 is 2.00 bits per heavy atom. The molecule has 0 heterocycles. The van der Waals surface area contributed by atoms with Crippen molar-refractivity contribution < 1.29 is 5.11 Å². The van der Waals surface area contributed by atoms with Gasteiger partial charge in [-0.15, -0.1) is 0 Å². The summed E-state index contributed by atoms with van der Waals surface area (Å²) in [5.74, 6) is 0. The average Bonchev–Trinajstić information content (AvgIpc) is 2.07. The van der Waals surface area contributed by atoms with Gasteiger partial charge in [-0.25, -0.2) is 0 Å². The van der Waals surface area contributed by atoms with Gasteiger partial charge in [-0.3, -0.25) is 0 Å². The smallest absolute Gasteiger partial charge is 0.0665 e. The largest absolute Gasteiger partial charge is 0.390 e. The maximum atomic E-state index is 9.95. The zero-order chi connectivity index (χ0) is 8.54. The summed E-state index contributed by atoms with van der Waals surface area (Å²) in [4.78, 5) is 0. The van der Waals surface area contributed by atoms with E-state index in [1.807, 2.05) is 0 Å². The number of hydrogen-bond donors (Lipinski definition) is 2. The molecule has 1 saturated carbocycles. The van der Waals surface area contributed by atoms with Crippen molar-refractivity contribution in [3.05, 3.63) is 0 Å². The van der Waals surface area contributed by atoms with Crippen LogP contribution in [0.15, 0.2) is 0 Å². The van der Waals surface area contributed by atoms with E-state index in [-0.39, 0.29) is 0 Å². The van der Waals surface area contributed by atoms with E-state index in [1.54, 1.807) is 0 Å². The van der Waals surface area contributed by atoms with E-state index >= 15 is 0 Å². The fourth-order valence-corrected chi connectivity index (χ4v) is 2.12. The van der Waals surface area contributed by atoms with Gasteiger partial charge in [0.25, 0.3) is 0 Å². The highest BCUT2D eigenvalue weighted by molar-refractivity contribution is 4.93. The van der Waals surface area contributed by atoms with Crippen molar-refractivity contribution in [2.45, 2.75) is 45.1 Å². The molecule has 0 aromatic rings. The topological polar surface area (TPSA) is 46.2 Å². The molecule has 0 amide bonds. The quantitative estimate of drug-likeness (QED) is 0.634. The minimum Gasteiger partial charge on any atom is -0.390 e. The molecule has 2 heteroatoms. The summed E-state index contributed by atoms with van der Waals surface area (Å²) >= 11 is 0. The number of hydrogen-bond acceptors (Lipinski definition) is 2. The molecule has 2 nitrogen and oxygen atoms in total. The van der Waals surface area contributed by atoms with Gasteiger partial charge in [-0.2, -0.15) is 0 Å². The monoisotopic (exact) mass is 157 g/mol. The van der Waals surface area contributed by atoms with Crippen molar-refractivity contribution in [3.8, 4) is 0 Å². The van der Waals surface area contributed by atoms with Gasteiger partial charge in [0.15, 0.2) is 0 Å². The molecule has 1 fully saturated rings. The van der Waals surface area contributed by atoms with E-state index in [0.717, 1.165) is 25.7 Å². The molecule has 1 aliphatic rings. The van der Waals surface area contributed by atoms with Crippen LogP contribution in [0.4, 0.5) is 0 Å². The van der Waals surface area contributed by atoms with Crippen LogP contribution >= 0.6 is 0 Å². The maximum absolute atomic E-state index is 9.95. The highest BCUT2D eigenvalue weighted by Gasteiger charge is 2.40. The molecule has 1 rings (SSSR count). The van der Waals surface area contributed by atoms with Crippen LogP contribution in [0.3, 0.4) is 0 Å². The third-order valence-electron chi connectivity index (χ3n) is 2.68. The van der Waals surface area contributed by atoms with Crippen molar-refractivity contribution in [1.29, 1.82) is 0 Å². The van der Waals surface area contributed by atoms with Gasteiger partial charge in [0.05, 0.1) is 5.60 Å². The number of aliphatic hydroxyl groups is 1. The highest BCUT2D eigenvalue weighted by Crippen LogP contribution is 2.44. The first kappa shape index (κ1) is 9.01. The Morgan fingerprint density at radius 1 is 1.36 bits per heavy atom. The van der Waals surface area contributed by atoms with Crippen molar-refractivity contribution in [1.82, 2.24) is 0 Å². The molecule has 1 unspecified atom stereocenters. The fourth-order valence-electron chi connectivity index (χ4n) is 2.12. The minimum absolute atomic E-state index is 0.323. The molecule has 0 aromatic heterocycles. The first-order valence-electron chi connectivity index (χ1n) is 4.40. The van der Waals surface area contributed by atoms with Crippen molar-refractivity contribution in [2.75, 3.05) is 6.54 Å². The molecule has 0 radical (unpaired) electrons. The van der Waals surface area contributed by atoms with E-state index < -0.39 is 5.60 Å². The summed E-state index contributed by atoms with van der Waals surface area (Å²) < 4.78 is 0. The van der Waals surface area contributed by atoms with Crippen LogP contribution < -0.4 is 5.73 Å². The second-order valence-electron chi connectivity index (χ2n) is 4.60.